The summed E-state index contributed by atoms with van der Waals surface area (Å²) in [6.07, 6.45) is 6.30. The van der Waals surface area contributed by atoms with Gasteiger partial charge in [-0.25, -0.2) is 0 Å². The summed E-state index contributed by atoms with van der Waals surface area (Å²) in [5.41, 5.74) is -0.363. The minimum Gasteiger partial charge on any atom is -0.387 e. The van der Waals surface area contributed by atoms with E-state index in [9.17, 15) is 5.11 Å². The van der Waals surface area contributed by atoms with E-state index in [1.54, 1.807) is 0 Å². The van der Waals surface area contributed by atoms with Gasteiger partial charge in [0, 0.05) is 19.1 Å². The molecule has 3 heteroatoms. The normalized spacial score (nSPS) is 31.3. The van der Waals surface area contributed by atoms with E-state index in [2.05, 4.69) is 23.8 Å². The van der Waals surface area contributed by atoms with E-state index in [4.69, 9.17) is 0 Å². The number of piperidine rings is 1. The summed E-state index contributed by atoms with van der Waals surface area (Å²) in [6, 6.07) is 0.782. The van der Waals surface area contributed by atoms with E-state index in [0.717, 1.165) is 32.1 Å². The Morgan fingerprint density at radius 2 is 2.06 bits per heavy atom. The van der Waals surface area contributed by atoms with Crippen molar-refractivity contribution in [1.82, 2.24) is 9.80 Å². The maximum atomic E-state index is 9.93. The predicted molar refractivity (Wildman–Crippen MR) is 66.6 cm³/mol. The second kappa shape index (κ2) is 5.03. The van der Waals surface area contributed by atoms with Crippen molar-refractivity contribution < 1.29 is 5.11 Å². The van der Waals surface area contributed by atoms with Crippen molar-refractivity contribution in [2.45, 2.75) is 50.7 Å². The Balaban J connectivity index is 1.65. The van der Waals surface area contributed by atoms with Gasteiger partial charge in [0.05, 0.1) is 5.60 Å². The topological polar surface area (TPSA) is 26.7 Å². The van der Waals surface area contributed by atoms with Gasteiger partial charge >= 0.3 is 0 Å². The van der Waals surface area contributed by atoms with Gasteiger partial charge in [-0.2, -0.15) is 0 Å². The fourth-order valence-electron chi connectivity index (χ4n) is 3.01. The third kappa shape index (κ3) is 2.76. The van der Waals surface area contributed by atoms with E-state index in [1.807, 2.05) is 0 Å². The molecule has 2 saturated heterocycles. The molecule has 2 fully saturated rings. The van der Waals surface area contributed by atoms with Crippen molar-refractivity contribution in [2.75, 3.05) is 33.2 Å². The minimum atomic E-state index is -0.363. The lowest BCUT2D eigenvalue weighted by atomic mass is 9.90. The molecule has 0 saturated carbocycles. The van der Waals surface area contributed by atoms with Gasteiger partial charge in [-0.15, -0.1) is 0 Å². The monoisotopic (exact) mass is 226 g/mol. The molecule has 94 valence electrons. The highest BCUT2D eigenvalue weighted by molar-refractivity contribution is 4.94. The maximum absolute atomic E-state index is 9.93. The van der Waals surface area contributed by atoms with Crippen molar-refractivity contribution in [3.8, 4) is 0 Å². The average molecular weight is 226 g/mol. The van der Waals surface area contributed by atoms with Gasteiger partial charge in [-0.1, -0.05) is 13.3 Å². The SMILES string of the molecule is CCC1(O)CN(CCC2CCCCN2C)C1. The van der Waals surface area contributed by atoms with Crippen molar-refractivity contribution >= 4 is 0 Å². The molecule has 0 amide bonds. The van der Waals surface area contributed by atoms with Gasteiger partial charge in [0.25, 0.3) is 0 Å². The Labute approximate surface area is 99.4 Å². The van der Waals surface area contributed by atoms with Crippen LogP contribution in [0.2, 0.25) is 0 Å². The third-order valence-corrected chi connectivity index (χ3v) is 4.39. The van der Waals surface area contributed by atoms with Gasteiger partial charge in [-0.3, -0.25) is 4.90 Å². The molecule has 2 heterocycles. The zero-order valence-corrected chi connectivity index (χ0v) is 10.8. The largest absolute Gasteiger partial charge is 0.387 e. The lowest BCUT2D eigenvalue weighted by Gasteiger charge is -2.47. The lowest BCUT2D eigenvalue weighted by Crippen LogP contribution is -2.61. The number of β-amino-alcohol motifs (C(OH)–C–C–N with tert-alkyl or cyclic N) is 1. The summed E-state index contributed by atoms with van der Waals surface area (Å²) in [5.74, 6) is 0. The predicted octanol–water partition coefficient (Wildman–Crippen LogP) is 1.32. The van der Waals surface area contributed by atoms with Crippen LogP contribution >= 0.6 is 0 Å². The van der Waals surface area contributed by atoms with Crippen LogP contribution in [0.3, 0.4) is 0 Å². The molecule has 2 aliphatic heterocycles. The second-order valence-electron chi connectivity index (χ2n) is 5.71. The van der Waals surface area contributed by atoms with E-state index in [-0.39, 0.29) is 5.60 Å². The number of hydrogen-bond donors (Lipinski definition) is 1. The van der Waals surface area contributed by atoms with Crippen LogP contribution < -0.4 is 0 Å². The first kappa shape index (κ1) is 12.3. The van der Waals surface area contributed by atoms with Crippen molar-refractivity contribution in [1.29, 1.82) is 0 Å². The molecule has 0 aromatic heterocycles. The molecule has 1 unspecified atom stereocenters. The van der Waals surface area contributed by atoms with Gasteiger partial charge in [0.2, 0.25) is 0 Å². The Morgan fingerprint density at radius 3 is 2.69 bits per heavy atom. The first-order chi connectivity index (χ1) is 7.63. The van der Waals surface area contributed by atoms with Crippen LogP contribution in [0, 0.1) is 0 Å². The van der Waals surface area contributed by atoms with Crippen LogP contribution in [0.25, 0.3) is 0 Å². The van der Waals surface area contributed by atoms with E-state index in [0.29, 0.717) is 0 Å². The molecule has 2 aliphatic rings. The summed E-state index contributed by atoms with van der Waals surface area (Å²) in [6.45, 7) is 6.28. The number of likely N-dealkylation sites (tertiary alicyclic amines) is 2. The minimum absolute atomic E-state index is 0.363. The molecule has 1 N–H and O–H groups in total. The summed E-state index contributed by atoms with van der Waals surface area (Å²) < 4.78 is 0. The van der Waals surface area contributed by atoms with Gasteiger partial charge in [0.1, 0.15) is 0 Å². The molecule has 0 radical (unpaired) electrons. The standard InChI is InChI=1S/C13H26N2O/c1-3-13(16)10-15(11-13)9-7-12-6-4-5-8-14(12)2/h12,16H,3-11H2,1-2H3. The van der Waals surface area contributed by atoms with Crippen LogP contribution in [-0.2, 0) is 0 Å². The highest BCUT2D eigenvalue weighted by atomic mass is 16.3. The van der Waals surface area contributed by atoms with E-state index in [1.165, 1.54) is 32.2 Å². The van der Waals surface area contributed by atoms with Crippen LogP contribution in [0.15, 0.2) is 0 Å². The summed E-state index contributed by atoms with van der Waals surface area (Å²) in [4.78, 5) is 4.90. The maximum Gasteiger partial charge on any atom is 0.0897 e. The van der Waals surface area contributed by atoms with Gasteiger partial charge in [-0.05, 0) is 45.8 Å². The quantitative estimate of drug-likeness (QED) is 0.783. The second-order valence-corrected chi connectivity index (χ2v) is 5.71. The highest BCUT2D eigenvalue weighted by Crippen LogP contribution is 2.25. The summed E-state index contributed by atoms with van der Waals surface area (Å²) >= 11 is 0. The Hall–Kier alpha value is -0.120. The zero-order chi connectivity index (χ0) is 11.6. The molecule has 2 rings (SSSR count). The smallest absolute Gasteiger partial charge is 0.0897 e. The van der Waals surface area contributed by atoms with Crippen LogP contribution in [0.5, 0.6) is 0 Å². The van der Waals surface area contributed by atoms with Crippen LogP contribution in [0.1, 0.15) is 39.0 Å². The number of nitrogens with zero attached hydrogens (tertiary/aromatic N) is 2. The van der Waals surface area contributed by atoms with E-state index >= 15 is 0 Å². The molecule has 16 heavy (non-hydrogen) atoms. The fraction of sp³-hybridized carbons (Fsp3) is 1.00. The first-order valence-corrected chi connectivity index (χ1v) is 6.78. The van der Waals surface area contributed by atoms with Gasteiger partial charge < -0.3 is 10.0 Å². The molecule has 0 bridgehead atoms. The molecule has 0 spiro atoms. The Bertz CT molecular complexity index is 226. The van der Waals surface area contributed by atoms with Gasteiger partial charge in [0.15, 0.2) is 0 Å². The average Bonchev–Trinajstić information content (AvgIpc) is 2.25. The zero-order valence-electron chi connectivity index (χ0n) is 10.8. The number of hydrogen-bond acceptors (Lipinski definition) is 3. The van der Waals surface area contributed by atoms with Crippen LogP contribution in [-0.4, -0.2) is 59.8 Å². The third-order valence-electron chi connectivity index (χ3n) is 4.39. The summed E-state index contributed by atoms with van der Waals surface area (Å²) in [7, 11) is 2.25. The summed E-state index contributed by atoms with van der Waals surface area (Å²) in [5, 5.41) is 9.93. The fourth-order valence-corrected chi connectivity index (χ4v) is 3.01. The Morgan fingerprint density at radius 1 is 1.31 bits per heavy atom. The highest BCUT2D eigenvalue weighted by Gasteiger charge is 2.39. The first-order valence-electron chi connectivity index (χ1n) is 6.78. The molecule has 3 nitrogen and oxygen atoms in total. The van der Waals surface area contributed by atoms with Crippen LogP contribution in [0.4, 0.5) is 0 Å². The molecular weight excluding hydrogens is 200 g/mol. The molecular formula is C13H26N2O. The van der Waals surface area contributed by atoms with Crippen molar-refractivity contribution in [3.63, 3.8) is 0 Å². The molecule has 0 aromatic rings. The molecule has 0 aromatic carbocycles. The number of rotatable bonds is 4. The lowest BCUT2D eigenvalue weighted by molar-refractivity contribution is -0.101. The van der Waals surface area contributed by atoms with Crippen molar-refractivity contribution in [3.05, 3.63) is 0 Å². The van der Waals surface area contributed by atoms with Crippen molar-refractivity contribution in [2.24, 2.45) is 0 Å². The number of aliphatic hydroxyl groups is 1. The molecule has 0 aliphatic carbocycles. The van der Waals surface area contributed by atoms with E-state index < -0.39 is 0 Å². The molecule has 1 atom stereocenters. The Kier molecular flexibility index (Phi) is 3.88.